The molecule has 0 bridgehead atoms. The molecule has 0 radical (unpaired) electrons. The molecule has 0 spiro atoms. The van der Waals surface area contributed by atoms with Crippen LogP contribution in [0, 0.1) is 0 Å². The number of unbranched alkanes of at least 4 members (excludes halogenated alkanes) is 2. The van der Waals surface area contributed by atoms with Gasteiger partial charge in [-0.25, -0.2) is 0 Å². The summed E-state index contributed by atoms with van der Waals surface area (Å²) in [7, 11) is 0. The number of nitrogen functional groups attached to an aromatic ring is 1. The average molecular weight is 255 g/mol. The second kappa shape index (κ2) is 6.83. The standard InChI is InChI=1S/C17H21NO/c1-2-3-4-12-19-17-10-8-14(9-11-17)15-6-5-7-16(18)13-15/h5-11,13H,2-4,12,18H2,1H3. The summed E-state index contributed by atoms with van der Waals surface area (Å²) in [5, 5.41) is 0. The van der Waals surface area contributed by atoms with Gasteiger partial charge in [0, 0.05) is 5.69 Å². The molecule has 19 heavy (non-hydrogen) atoms. The predicted molar refractivity (Wildman–Crippen MR) is 81.3 cm³/mol. The molecule has 2 aromatic carbocycles. The van der Waals surface area contributed by atoms with Gasteiger partial charge in [-0.15, -0.1) is 0 Å². The van der Waals surface area contributed by atoms with Crippen LogP contribution in [-0.4, -0.2) is 6.61 Å². The summed E-state index contributed by atoms with van der Waals surface area (Å²) in [5.74, 6) is 0.934. The van der Waals surface area contributed by atoms with Crippen molar-refractivity contribution in [3.8, 4) is 16.9 Å². The van der Waals surface area contributed by atoms with E-state index in [4.69, 9.17) is 10.5 Å². The highest BCUT2D eigenvalue weighted by Crippen LogP contribution is 2.24. The summed E-state index contributed by atoms with van der Waals surface area (Å²) in [5.41, 5.74) is 8.88. The monoisotopic (exact) mass is 255 g/mol. The highest BCUT2D eigenvalue weighted by Gasteiger charge is 1.99. The van der Waals surface area contributed by atoms with Crippen molar-refractivity contribution in [2.45, 2.75) is 26.2 Å². The van der Waals surface area contributed by atoms with Gasteiger partial charge in [-0.05, 0) is 41.8 Å². The van der Waals surface area contributed by atoms with E-state index in [1.54, 1.807) is 0 Å². The molecule has 0 saturated carbocycles. The van der Waals surface area contributed by atoms with Gasteiger partial charge in [-0.2, -0.15) is 0 Å². The maximum absolute atomic E-state index is 5.80. The Kier molecular flexibility index (Phi) is 4.85. The minimum atomic E-state index is 0.789. The van der Waals surface area contributed by atoms with Gasteiger partial charge in [-0.3, -0.25) is 0 Å². The van der Waals surface area contributed by atoms with Crippen LogP contribution < -0.4 is 10.5 Å². The highest BCUT2D eigenvalue weighted by molar-refractivity contribution is 5.67. The van der Waals surface area contributed by atoms with E-state index in [-0.39, 0.29) is 0 Å². The summed E-state index contributed by atoms with van der Waals surface area (Å²) in [6.07, 6.45) is 3.56. The first-order chi connectivity index (χ1) is 9.29. The SMILES string of the molecule is CCCCCOc1ccc(-c2cccc(N)c2)cc1. The molecule has 0 heterocycles. The Morgan fingerprint density at radius 3 is 2.42 bits per heavy atom. The fourth-order valence-corrected chi connectivity index (χ4v) is 2.00. The molecule has 0 fully saturated rings. The number of hydrogen-bond donors (Lipinski definition) is 1. The average Bonchev–Trinajstić information content (AvgIpc) is 2.44. The maximum atomic E-state index is 5.80. The molecule has 0 aliphatic rings. The number of hydrogen-bond acceptors (Lipinski definition) is 2. The van der Waals surface area contributed by atoms with Gasteiger partial charge < -0.3 is 10.5 Å². The first-order valence-electron chi connectivity index (χ1n) is 6.88. The van der Waals surface area contributed by atoms with Gasteiger partial charge >= 0.3 is 0 Å². The molecule has 2 N–H and O–H groups in total. The van der Waals surface area contributed by atoms with Gasteiger partial charge in [-0.1, -0.05) is 44.0 Å². The van der Waals surface area contributed by atoms with Gasteiger partial charge in [0.05, 0.1) is 6.61 Å². The van der Waals surface area contributed by atoms with Crippen LogP contribution in [0.2, 0.25) is 0 Å². The van der Waals surface area contributed by atoms with Crippen LogP contribution in [0.15, 0.2) is 48.5 Å². The lowest BCUT2D eigenvalue weighted by molar-refractivity contribution is 0.306. The summed E-state index contributed by atoms with van der Waals surface area (Å²) >= 11 is 0. The van der Waals surface area contributed by atoms with Gasteiger partial charge in [0.15, 0.2) is 0 Å². The van der Waals surface area contributed by atoms with Crippen LogP contribution in [0.1, 0.15) is 26.2 Å². The van der Waals surface area contributed by atoms with E-state index in [0.717, 1.165) is 35.6 Å². The van der Waals surface area contributed by atoms with Crippen molar-refractivity contribution in [3.63, 3.8) is 0 Å². The third-order valence-corrected chi connectivity index (χ3v) is 3.09. The largest absolute Gasteiger partial charge is 0.494 e. The number of ether oxygens (including phenoxy) is 1. The molecular formula is C17H21NO. The fourth-order valence-electron chi connectivity index (χ4n) is 2.00. The van der Waals surface area contributed by atoms with Crippen LogP contribution in [0.5, 0.6) is 5.75 Å². The van der Waals surface area contributed by atoms with Crippen molar-refractivity contribution in [2.75, 3.05) is 12.3 Å². The zero-order valence-electron chi connectivity index (χ0n) is 11.4. The van der Waals surface area contributed by atoms with Crippen molar-refractivity contribution in [3.05, 3.63) is 48.5 Å². The van der Waals surface area contributed by atoms with Crippen molar-refractivity contribution in [1.29, 1.82) is 0 Å². The van der Waals surface area contributed by atoms with E-state index in [2.05, 4.69) is 25.1 Å². The van der Waals surface area contributed by atoms with Crippen LogP contribution in [0.3, 0.4) is 0 Å². The van der Waals surface area contributed by atoms with E-state index in [1.807, 2.05) is 30.3 Å². The molecule has 0 aliphatic heterocycles. The summed E-state index contributed by atoms with van der Waals surface area (Å²) < 4.78 is 5.70. The lowest BCUT2D eigenvalue weighted by Gasteiger charge is -2.07. The van der Waals surface area contributed by atoms with E-state index in [0.29, 0.717) is 0 Å². The first kappa shape index (κ1) is 13.5. The van der Waals surface area contributed by atoms with Crippen LogP contribution in [0.4, 0.5) is 5.69 Å². The van der Waals surface area contributed by atoms with Crippen molar-refractivity contribution < 1.29 is 4.74 Å². The third-order valence-electron chi connectivity index (χ3n) is 3.09. The molecule has 2 nitrogen and oxygen atoms in total. The maximum Gasteiger partial charge on any atom is 0.119 e. The van der Waals surface area contributed by atoms with Crippen molar-refractivity contribution in [1.82, 2.24) is 0 Å². The third kappa shape index (κ3) is 4.02. The normalized spacial score (nSPS) is 10.4. The van der Waals surface area contributed by atoms with Crippen LogP contribution in [0.25, 0.3) is 11.1 Å². The fraction of sp³-hybridized carbons (Fsp3) is 0.294. The number of rotatable bonds is 6. The molecule has 0 amide bonds. The number of benzene rings is 2. The molecule has 0 saturated heterocycles. The Morgan fingerprint density at radius 2 is 1.74 bits per heavy atom. The lowest BCUT2D eigenvalue weighted by Crippen LogP contribution is -1.96. The quantitative estimate of drug-likeness (QED) is 0.609. The van der Waals surface area contributed by atoms with Crippen LogP contribution in [-0.2, 0) is 0 Å². The Labute approximate surface area is 115 Å². The van der Waals surface area contributed by atoms with Crippen molar-refractivity contribution >= 4 is 5.69 Å². The highest BCUT2D eigenvalue weighted by atomic mass is 16.5. The van der Waals surface area contributed by atoms with Crippen LogP contribution >= 0.6 is 0 Å². The number of anilines is 1. The molecule has 0 aromatic heterocycles. The molecular weight excluding hydrogens is 234 g/mol. The Morgan fingerprint density at radius 1 is 0.947 bits per heavy atom. The lowest BCUT2D eigenvalue weighted by atomic mass is 10.1. The molecule has 100 valence electrons. The van der Waals surface area contributed by atoms with E-state index in [9.17, 15) is 0 Å². The minimum absolute atomic E-state index is 0.789. The smallest absolute Gasteiger partial charge is 0.119 e. The Bertz CT molecular complexity index is 505. The molecule has 0 unspecified atom stereocenters. The zero-order valence-corrected chi connectivity index (χ0v) is 11.4. The Balaban J connectivity index is 1.98. The van der Waals surface area contributed by atoms with Crippen molar-refractivity contribution in [2.24, 2.45) is 0 Å². The van der Waals surface area contributed by atoms with E-state index >= 15 is 0 Å². The molecule has 2 aromatic rings. The summed E-state index contributed by atoms with van der Waals surface area (Å²) in [6, 6.07) is 16.1. The number of nitrogens with two attached hydrogens (primary N) is 1. The second-order valence-electron chi connectivity index (χ2n) is 4.71. The minimum Gasteiger partial charge on any atom is -0.494 e. The molecule has 2 heteroatoms. The first-order valence-corrected chi connectivity index (χ1v) is 6.88. The van der Waals surface area contributed by atoms with Gasteiger partial charge in [0.25, 0.3) is 0 Å². The predicted octanol–water partition coefficient (Wildman–Crippen LogP) is 4.50. The molecule has 0 aliphatic carbocycles. The van der Waals surface area contributed by atoms with E-state index in [1.165, 1.54) is 12.8 Å². The Hall–Kier alpha value is -1.96. The molecule has 2 rings (SSSR count). The van der Waals surface area contributed by atoms with Gasteiger partial charge in [0.1, 0.15) is 5.75 Å². The van der Waals surface area contributed by atoms with Gasteiger partial charge in [0.2, 0.25) is 0 Å². The summed E-state index contributed by atoms with van der Waals surface area (Å²) in [4.78, 5) is 0. The summed E-state index contributed by atoms with van der Waals surface area (Å²) in [6.45, 7) is 2.99. The van der Waals surface area contributed by atoms with E-state index < -0.39 is 0 Å². The second-order valence-corrected chi connectivity index (χ2v) is 4.71. The zero-order chi connectivity index (χ0) is 13.5. The molecule has 0 atom stereocenters. The topological polar surface area (TPSA) is 35.2 Å².